The maximum Gasteiger partial charge on any atom is 0.407 e. The quantitative estimate of drug-likeness (QED) is 0.582. The van der Waals surface area contributed by atoms with Gasteiger partial charge in [-0.1, -0.05) is 76.2 Å². The number of ether oxygens (including phenoxy) is 1. The third-order valence-electron chi connectivity index (χ3n) is 5.80. The van der Waals surface area contributed by atoms with Crippen LogP contribution in [-0.2, 0) is 14.3 Å². The number of rotatable bonds is 8. The summed E-state index contributed by atoms with van der Waals surface area (Å²) in [5.41, 5.74) is 4.46. The van der Waals surface area contributed by atoms with Crippen LogP contribution in [0.4, 0.5) is 4.79 Å². The summed E-state index contributed by atoms with van der Waals surface area (Å²) in [6.07, 6.45) is -0.711. The number of nitrogens with one attached hydrogen (secondary N) is 2. The molecule has 3 rings (SSSR count). The fraction of sp³-hybridized carbons (Fsp3) is 0.400. The maximum atomic E-state index is 12.7. The molecule has 0 spiro atoms. The van der Waals surface area contributed by atoms with Crippen LogP contribution in [0.5, 0.6) is 0 Å². The first-order chi connectivity index (χ1) is 15.2. The zero-order valence-electron chi connectivity index (χ0n) is 18.8. The summed E-state index contributed by atoms with van der Waals surface area (Å²) >= 11 is 0. The average molecular weight is 439 g/mol. The van der Waals surface area contributed by atoms with Gasteiger partial charge in [0.25, 0.3) is 0 Å². The Hall–Kier alpha value is -3.35. The third-order valence-corrected chi connectivity index (χ3v) is 5.80. The Kier molecular flexibility index (Phi) is 7.18. The van der Waals surface area contributed by atoms with E-state index in [9.17, 15) is 19.5 Å². The number of amides is 2. The van der Waals surface area contributed by atoms with E-state index in [0.29, 0.717) is 0 Å². The van der Waals surface area contributed by atoms with E-state index in [2.05, 4.69) is 22.8 Å². The summed E-state index contributed by atoms with van der Waals surface area (Å²) < 4.78 is 5.52. The predicted octanol–water partition coefficient (Wildman–Crippen LogP) is 3.78. The lowest BCUT2D eigenvalue weighted by Crippen LogP contribution is -2.55. The van der Waals surface area contributed by atoms with E-state index >= 15 is 0 Å². The summed E-state index contributed by atoms with van der Waals surface area (Å²) in [7, 11) is 0. The highest BCUT2D eigenvalue weighted by molar-refractivity contribution is 5.89. The fourth-order valence-corrected chi connectivity index (χ4v) is 4.06. The Bertz CT molecular complexity index is 956. The minimum Gasteiger partial charge on any atom is -0.480 e. The normalized spacial score (nSPS) is 14.4. The van der Waals surface area contributed by atoms with Crippen LogP contribution in [-0.4, -0.2) is 41.8 Å². The van der Waals surface area contributed by atoms with E-state index in [4.69, 9.17) is 4.74 Å². The molecule has 1 unspecified atom stereocenters. The third kappa shape index (κ3) is 4.93. The van der Waals surface area contributed by atoms with Crippen molar-refractivity contribution in [1.82, 2.24) is 10.6 Å². The molecule has 1 aliphatic carbocycles. The molecule has 0 fully saturated rings. The van der Waals surface area contributed by atoms with Gasteiger partial charge >= 0.3 is 12.1 Å². The molecule has 32 heavy (non-hydrogen) atoms. The van der Waals surface area contributed by atoms with Crippen LogP contribution in [0.3, 0.4) is 0 Å². The molecule has 7 nitrogen and oxygen atoms in total. The number of carbonyl (C=O) groups is 3. The van der Waals surface area contributed by atoms with E-state index in [-0.39, 0.29) is 24.4 Å². The van der Waals surface area contributed by atoms with E-state index < -0.39 is 30.1 Å². The van der Waals surface area contributed by atoms with Crippen molar-refractivity contribution >= 4 is 18.0 Å². The number of benzene rings is 2. The lowest BCUT2D eigenvalue weighted by Gasteiger charge is -2.25. The molecule has 2 amide bonds. The molecule has 2 aromatic carbocycles. The number of carbonyl (C=O) groups excluding carboxylic acids is 2. The van der Waals surface area contributed by atoms with Crippen molar-refractivity contribution in [1.29, 1.82) is 0 Å². The highest BCUT2D eigenvalue weighted by Crippen LogP contribution is 2.44. The lowest BCUT2D eigenvalue weighted by molar-refractivity contribution is -0.143. The molecule has 0 radical (unpaired) electrons. The molecule has 0 saturated heterocycles. The highest BCUT2D eigenvalue weighted by Gasteiger charge is 2.32. The van der Waals surface area contributed by atoms with Gasteiger partial charge in [-0.05, 0) is 34.1 Å². The van der Waals surface area contributed by atoms with Crippen LogP contribution in [0.1, 0.15) is 44.7 Å². The Labute approximate surface area is 188 Å². The van der Waals surface area contributed by atoms with E-state index in [0.717, 1.165) is 22.3 Å². The van der Waals surface area contributed by atoms with Gasteiger partial charge in [0.15, 0.2) is 0 Å². The second kappa shape index (κ2) is 9.85. The molecule has 0 saturated carbocycles. The summed E-state index contributed by atoms with van der Waals surface area (Å²) in [5, 5.41) is 14.5. The topological polar surface area (TPSA) is 105 Å². The van der Waals surface area contributed by atoms with Crippen molar-refractivity contribution in [3.63, 3.8) is 0 Å². The molecule has 170 valence electrons. The van der Waals surface area contributed by atoms with Crippen molar-refractivity contribution in [2.24, 2.45) is 11.8 Å². The van der Waals surface area contributed by atoms with Gasteiger partial charge in [0.05, 0.1) is 0 Å². The molecule has 0 aliphatic heterocycles. The van der Waals surface area contributed by atoms with Gasteiger partial charge in [0.1, 0.15) is 18.7 Å². The Morgan fingerprint density at radius 3 is 1.81 bits per heavy atom. The van der Waals surface area contributed by atoms with Crippen molar-refractivity contribution in [3.05, 3.63) is 59.7 Å². The minimum absolute atomic E-state index is 0.0863. The van der Waals surface area contributed by atoms with E-state index in [1.165, 1.54) is 0 Å². The minimum atomic E-state index is -1.11. The number of carboxylic acid groups (broad SMARTS) is 1. The second-order valence-corrected chi connectivity index (χ2v) is 8.76. The number of alkyl carbamates (subject to hydrolysis) is 1. The largest absolute Gasteiger partial charge is 0.480 e. The Balaban J connectivity index is 1.67. The van der Waals surface area contributed by atoms with Crippen LogP contribution >= 0.6 is 0 Å². The van der Waals surface area contributed by atoms with Crippen molar-refractivity contribution < 1.29 is 24.2 Å². The van der Waals surface area contributed by atoms with Gasteiger partial charge in [-0.15, -0.1) is 0 Å². The first-order valence-electron chi connectivity index (χ1n) is 10.8. The number of hydrogen-bond acceptors (Lipinski definition) is 4. The second-order valence-electron chi connectivity index (χ2n) is 8.76. The van der Waals surface area contributed by atoms with Crippen LogP contribution in [0.25, 0.3) is 11.1 Å². The van der Waals surface area contributed by atoms with Crippen LogP contribution in [0.15, 0.2) is 48.5 Å². The van der Waals surface area contributed by atoms with Gasteiger partial charge in [-0.25, -0.2) is 9.59 Å². The number of carboxylic acids is 1. The summed E-state index contributed by atoms with van der Waals surface area (Å²) in [4.78, 5) is 36.7. The molecule has 1 aliphatic rings. The first-order valence-corrected chi connectivity index (χ1v) is 10.8. The van der Waals surface area contributed by atoms with Gasteiger partial charge < -0.3 is 20.5 Å². The molecule has 0 heterocycles. The number of fused-ring (bicyclic) bond motifs is 3. The Morgan fingerprint density at radius 2 is 1.34 bits per heavy atom. The van der Waals surface area contributed by atoms with E-state index in [1.807, 2.05) is 36.4 Å². The van der Waals surface area contributed by atoms with Gasteiger partial charge in [0, 0.05) is 5.92 Å². The van der Waals surface area contributed by atoms with Crippen molar-refractivity contribution in [3.8, 4) is 11.1 Å². The monoisotopic (exact) mass is 438 g/mol. The summed E-state index contributed by atoms with van der Waals surface area (Å²) in [6.45, 7) is 7.11. The molecule has 0 aromatic heterocycles. The molecule has 0 bridgehead atoms. The van der Waals surface area contributed by atoms with Crippen molar-refractivity contribution in [2.75, 3.05) is 6.61 Å². The van der Waals surface area contributed by atoms with E-state index in [1.54, 1.807) is 27.7 Å². The molecule has 3 N–H and O–H groups in total. The van der Waals surface area contributed by atoms with Crippen molar-refractivity contribution in [2.45, 2.75) is 45.7 Å². The molecular formula is C25H30N2O5. The maximum absolute atomic E-state index is 12.7. The molecule has 2 atom stereocenters. The molecular weight excluding hydrogens is 408 g/mol. The predicted molar refractivity (Wildman–Crippen MR) is 121 cm³/mol. The lowest BCUT2D eigenvalue weighted by atomic mass is 9.98. The average Bonchev–Trinajstić information content (AvgIpc) is 3.07. The summed E-state index contributed by atoms with van der Waals surface area (Å²) in [5.74, 6) is -2.29. The fourth-order valence-electron chi connectivity index (χ4n) is 4.06. The van der Waals surface area contributed by atoms with Gasteiger partial charge in [-0.2, -0.15) is 0 Å². The standard InChI is InChI=1S/C25H30N2O5/c1-14(2)21(23(28)26-22(15(3)4)24(29)30)27-25(31)32-13-20-18-11-7-5-9-16(18)17-10-6-8-12-19(17)20/h5-12,14-15,20-22H,13H2,1-4H3,(H,26,28)(H,27,31)(H,29,30)/t21-,22?/m1/s1. The van der Waals surface area contributed by atoms with Crippen LogP contribution in [0, 0.1) is 11.8 Å². The molecule has 7 heteroatoms. The zero-order chi connectivity index (χ0) is 23.4. The first kappa shape index (κ1) is 23.3. The number of aliphatic carboxylic acids is 1. The van der Waals surface area contributed by atoms with Gasteiger partial charge in [0.2, 0.25) is 5.91 Å². The number of hydrogen-bond donors (Lipinski definition) is 3. The SMILES string of the molecule is CC(C)C(NC(=O)[C@H](NC(=O)OCC1c2ccccc2-c2ccccc21)C(C)C)C(=O)O. The van der Waals surface area contributed by atoms with Crippen LogP contribution < -0.4 is 10.6 Å². The zero-order valence-corrected chi connectivity index (χ0v) is 18.8. The Morgan fingerprint density at radius 1 is 0.844 bits per heavy atom. The smallest absolute Gasteiger partial charge is 0.407 e. The van der Waals surface area contributed by atoms with Crippen LogP contribution in [0.2, 0.25) is 0 Å². The summed E-state index contributed by atoms with van der Waals surface area (Å²) in [6, 6.07) is 14.1. The highest BCUT2D eigenvalue weighted by atomic mass is 16.5. The van der Waals surface area contributed by atoms with Gasteiger partial charge in [-0.3, -0.25) is 4.79 Å². The molecule has 2 aromatic rings.